The SMILES string of the molecule is NS(=O)(=O)CCCNc1ccc(Cl)cc1. The highest BCUT2D eigenvalue weighted by atomic mass is 35.5. The van der Waals surface area contributed by atoms with Gasteiger partial charge in [-0.05, 0) is 30.7 Å². The second-order valence-electron chi connectivity index (χ2n) is 3.15. The van der Waals surface area contributed by atoms with E-state index in [0.29, 0.717) is 18.0 Å². The van der Waals surface area contributed by atoms with Gasteiger partial charge in [-0.15, -0.1) is 0 Å². The van der Waals surface area contributed by atoms with Crippen molar-refractivity contribution in [2.75, 3.05) is 17.6 Å². The second-order valence-corrected chi connectivity index (χ2v) is 5.32. The lowest BCUT2D eigenvalue weighted by molar-refractivity contribution is 0.596. The normalized spacial score (nSPS) is 11.3. The van der Waals surface area contributed by atoms with Crippen molar-refractivity contribution in [1.29, 1.82) is 0 Å². The van der Waals surface area contributed by atoms with E-state index in [9.17, 15) is 8.42 Å². The maximum Gasteiger partial charge on any atom is 0.209 e. The van der Waals surface area contributed by atoms with Crippen LogP contribution in [0.2, 0.25) is 5.02 Å². The van der Waals surface area contributed by atoms with Crippen LogP contribution in [0, 0.1) is 0 Å². The summed E-state index contributed by atoms with van der Waals surface area (Å²) >= 11 is 5.71. The number of rotatable bonds is 5. The van der Waals surface area contributed by atoms with E-state index in [-0.39, 0.29) is 5.75 Å². The maximum atomic E-state index is 10.6. The van der Waals surface area contributed by atoms with Crippen molar-refractivity contribution in [1.82, 2.24) is 0 Å². The number of nitrogens with one attached hydrogen (secondary N) is 1. The van der Waals surface area contributed by atoms with Crippen molar-refractivity contribution >= 4 is 27.3 Å². The van der Waals surface area contributed by atoms with Gasteiger partial charge in [0.25, 0.3) is 0 Å². The van der Waals surface area contributed by atoms with Gasteiger partial charge in [-0.2, -0.15) is 0 Å². The molecule has 0 aliphatic rings. The lowest BCUT2D eigenvalue weighted by atomic mass is 10.3. The summed E-state index contributed by atoms with van der Waals surface area (Å²) in [6.07, 6.45) is 0.488. The molecule has 1 aromatic carbocycles. The van der Waals surface area contributed by atoms with Gasteiger partial charge in [-0.1, -0.05) is 11.6 Å². The Labute approximate surface area is 94.5 Å². The summed E-state index contributed by atoms with van der Waals surface area (Å²) in [5.41, 5.74) is 0.911. The molecule has 0 unspecified atom stereocenters. The van der Waals surface area contributed by atoms with E-state index in [4.69, 9.17) is 16.7 Å². The Balaban J connectivity index is 2.29. The average molecular weight is 249 g/mol. The third-order valence-corrected chi connectivity index (χ3v) is 2.89. The minimum atomic E-state index is -3.35. The van der Waals surface area contributed by atoms with Crippen LogP contribution in [0.3, 0.4) is 0 Å². The minimum absolute atomic E-state index is 0.00636. The van der Waals surface area contributed by atoms with E-state index in [1.165, 1.54) is 0 Å². The molecular formula is C9H13ClN2O2S. The topological polar surface area (TPSA) is 72.2 Å². The van der Waals surface area contributed by atoms with Crippen molar-refractivity contribution in [3.63, 3.8) is 0 Å². The number of halogens is 1. The summed E-state index contributed by atoms with van der Waals surface area (Å²) < 4.78 is 21.2. The van der Waals surface area contributed by atoms with Crippen LogP contribution in [0.15, 0.2) is 24.3 Å². The molecule has 3 N–H and O–H groups in total. The quantitative estimate of drug-likeness (QED) is 0.775. The molecule has 0 spiro atoms. The lowest BCUT2D eigenvalue weighted by Gasteiger charge is -2.05. The molecule has 15 heavy (non-hydrogen) atoms. The minimum Gasteiger partial charge on any atom is -0.385 e. The molecule has 1 rings (SSSR count). The molecule has 0 saturated carbocycles. The molecule has 0 aliphatic heterocycles. The highest BCUT2D eigenvalue weighted by Crippen LogP contribution is 2.13. The summed E-state index contributed by atoms with van der Waals surface area (Å²) in [4.78, 5) is 0. The van der Waals surface area contributed by atoms with Crippen LogP contribution in [0.4, 0.5) is 5.69 Å². The van der Waals surface area contributed by atoms with E-state index >= 15 is 0 Å². The predicted octanol–water partition coefficient (Wildman–Crippen LogP) is 1.43. The fourth-order valence-electron chi connectivity index (χ4n) is 1.07. The Morgan fingerprint density at radius 2 is 1.87 bits per heavy atom. The first kappa shape index (κ1) is 12.3. The molecule has 0 aromatic heterocycles. The third kappa shape index (κ3) is 5.61. The van der Waals surface area contributed by atoms with Crippen molar-refractivity contribution in [3.05, 3.63) is 29.3 Å². The fraction of sp³-hybridized carbons (Fsp3) is 0.333. The first-order chi connectivity index (χ1) is 6.97. The molecule has 0 radical (unpaired) electrons. The van der Waals surface area contributed by atoms with Gasteiger partial charge in [0.15, 0.2) is 0 Å². The number of hydrogen-bond acceptors (Lipinski definition) is 3. The van der Waals surface area contributed by atoms with Crippen molar-refractivity contribution in [2.24, 2.45) is 5.14 Å². The molecule has 6 heteroatoms. The summed E-state index contributed by atoms with van der Waals surface area (Å²) in [6, 6.07) is 7.20. The molecule has 0 fully saturated rings. The molecule has 4 nitrogen and oxygen atoms in total. The molecule has 0 atom stereocenters. The molecule has 0 heterocycles. The average Bonchev–Trinajstić information content (AvgIpc) is 2.14. The van der Waals surface area contributed by atoms with E-state index in [1.807, 2.05) is 12.1 Å². The maximum absolute atomic E-state index is 10.6. The highest BCUT2D eigenvalue weighted by Gasteiger charge is 2.01. The van der Waals surface area contributed by atoms with Crippen LogP contribution >= 0.6 is 11.6 Å². The van der Waals surface area contributed by atoms with Gasteiger partial charge in [-0.3, -0.25) is 0 Å². The van der Waals surface area contributed by atoms with E-state index in [0.717, 1.165) is 5.69 Å². The lowest BCUT2D eigenvalue weighted by Crippen LogP contribution is -2.18. The smallest absolute Gasteiger partial charge is 0.209 e. The zero-order valence-corrected chi connectivity index (χ0v) is 9.68. The van der Waals surface area contributed by atoms with Gasteiger partial charge in [0.1, 0.15) is 0 Å². The number of primary sulfonamides is 1. The summed E-state index contributed by atoms with van der Waals surface area (Å²) in [7, 11) is -3.35. The summed E-state index contributed by atoms with van der Waals surface area (Å²) in [6.45, 7) is 0.568. The third-order valence-electron chi connectivity index (χ3n) is 1.78. The first-order valence-electron chi connectivity index (χ1n) is 4.47. The molecule has 0 amide bonds. The van der Waals surface area contributed by atoms with Gasteiger partial charge < -0.3 is 5.32 Å². The Morgan fingerprint density at radius 3 is 2.40 bits per heavy atom. The van der Waals surface area contributed by atoms with Crippen LogP contribution in [-0.4, -0.2) is 20.7 Å². The van der Waals surface area contributed by atoms with Crippen LogP contribution < -0.4 is 10.5 Å². The highest BCUT2D eigenvalue weighted by molar-refractivity contribution is 7.89. The Kier molecular flexibility index (Phi) is 4.38. The van der Waals surface area contributed by atoms with E-state index in [2.05, 4.69) is 5.32 Å². The number of hydrogen-bond donors (Lipinski definition) is 2. The molecule has 0 saturated heterocycles. The zero-order chi connectivity index (χ0) is 11.3. The molecule has 0 bridgehead atoms. The summed E-state index contributed by atoms with van der Waals surface area (Å²) in [5.74, 6) is -0.00636. The Morgan fingerprint density at radius 1 is 1.27 bits per heavy atom. The van der Waals surface area contributed by atoms with Gasteiger partial charge in [0.05, 0.1) is 5.75 Å². The van der Waals surface area contributed by atoms with Crippen molar-refractivity contribution in [2.45, 2.75) is 6.42 Å². The van der Waals surface area contributed by atoms with Gasteiger partial charge in [-0.25, -0.2) is 13.6 Å². The zero-order valence-electron chi connectivity index (χ0n) is 8.11. The number of anilines is 1. The Bertz CT molecular complexity index is 403. The van der Waals surface area contributed by atoms with Crippen LogP contribution in [0.1, 0.15) is 6.42 Å². The van der Waals surface area contributed by atoms with Crippen LogP contribution in [-0.2, 0) is 10.0 Å². The van der Waals surface area contributed by atoms with Gasteiger partial charge in [0, 0.05) is 17.3 Å². The first-order valence-corrected chi connectivity index (χ1v) is 6.56. The van der Waals surface area contributed by atoms with E-state index in [1.54, 1.807) is 12.1 Å². The molecule has 1 aromatic rings. The second kappa shape index (κ2) is 5.34. The Hall–Kier alpha value is -0.780. The van der Waals surface area contributed by atoms with Gasteiger partial charge >= 0.3 is 0 Å². The standard InChI is InChI=1S/C9H13ClN2O2S/c10-8-2-4-9(5-3-8)12-6-1-7-15(11,13)14/h2-5,12H,1,6-7H2,(H2,11,13,14). The molecular weight excluding hydrogens is 236 g/mol. The molecule has 84 valence electrons. The van der Waals surface area contributed by atoms with E-state index < -0.39 is 10.0 Å². The van der Waals surface area contributed by atoms with Crippen molar-refractivity contribution < 1.29 is 8.42 Å². The largest absolute Gasteiger partial charge is 0.385 e. The predicted molar refractivity (Wildman–Crippen MR) is 62.5 cm³/mol. The van der Waals surface area contributed by atoms with Crippen LogP contribution in [0.25, 0.3) is 0 Å². The molecule has 0 aliphatic carbocycles. The number of nitrogens with two attached hydrogens (primary N) is 1. The van der Waals surface area contributed by atoms with Gasteiger partial charge in [0.2, 0.25) is 10.0 Å². The summed E-state index contributed by atoms with van der Waals surface area (Å²) in [5, 5.41) is 8.60. The monoisotopic (exact) mass is 248 g/mol. The number of sulfonamides is 1. The fourth-order valence-corrected chi connectivity index (χ4v) is 1.75. The van der Waals surface area contributed by atoms with Crippen LogP contribution in [0.5, 0.6) is 0 Å². The number of benzene rings is 1. The van der Waals surface area contributed by atoms with Crippen molar-refractivity contribution in [3.8, 4) is 0 Å².